The second-order valence-corrected chi connectivity index (χ2v) is 21.2. The maximum atomic E-state index is 13.2. The minimum atomic E-state index is -1.14. The van der Waals surface area contributed by atoms with Crippen molar-refractivity contribution in [1.82, 2.24) is 21.3 Å². The zero-order valence-corrected chi connectivity index (χ0v) is 47.3. The lowest BCUT2D eigenvalue weighted by molar-refractivity contribution is -0.145. The first-order chi connectivity index (χ1) is 36.7. The molecule has 0 fully saturated rings. The van der Waals surface area contributed by atoms with Crippen molar-refractivity contribution in [2.24, 2.45) is 11.8 Å². The molecule has 0 heterocycles. The van der Waals surface area contributed by atoms with Gasteiger partial charge in [-0.1, -0.05) is 97.7 Å². The lowest BCUT2D eigenvalue weighted by Crippen LogP contribution is -2.44. The third kappa shape index (κ3) is 26.2. The zero-order chi connectivity index (χ0) is 58.0. The fourth-order valence-electron chi connectivity index (χ4n) is 7.36. The Kier molecular flexibility index (Phi) is 27.2. The lowest BCUT2D eigenvalue weighted by atomic mass is 9.95. The SMILES string of the molecule is CCOC(=O)COc1ccc(Cl)cc1CNC(=O)[C@H](C)CC(=O)[C@@H](CCc1ccccc1)NC(=O)OC(C)(C)C.C[C@H](CC(=O)[C@@H](CCc1ccccc1)NC(=O)OC(C)(C)C)C(=O)NCc1cc(Cl)ccc1OCC(=O)O. The maximum absolute atomic E-state index is 13.2. The van der Waals surface area contributed by atoms with Crippen molar-refractivity contribution in [2.75, 3.05) is 19.8 Å². The fraction of sp³-hybridized carbons (Fsp3) is 0.448. The van der Waals surface area contributed by atoms with Crippen molar-refractivity contribution in [3.63, 3.8) is 0 Å². The third-order valence-electron chi connectivity index (χ3n) is 11.2. The second-order valence-electron chi connectivity index (χ2n) is 20.3. The van der Waals surface area contributed by atoms with Crippen LogP contribution in [0.1, 0.15) is 110 Å². The zero-order valence-electron chi connectivity index (χ0n) is 45.8. The van der Waals surface area contributed by atoms with E-state index in [0.29, 0.717) is 52.6 Å². The van der Waals surface area contributed by atoms with Crippen molar-refractivity contribution in [2.45, 2.75) is 137 Å². The molecule has 0 saturated heterocycles. The van der Waals surface area contributed by atoms with E-state index in [1.54, 1.807) is 92.6 Å². The van der Waals surface area contributed by atoms with Gasteiger partial charge in [0, 0.05) is 58.9 Å². The number of carbonyl (C=O) groups is 8. The summed E-state index contributed by atoms with van der Waals surface area (Å²) in [5.74, 6) is -3.66. The molecule has 0 radical (unpaired) electrons. The van der Waals surface area contributed by atoms with Crippen molar-refractivity contribution in [3.8, 4) is 11.5 Å². The summed E-state index contributed by atoms with van der Waals surface area (Å²) < 4.78 is 26.3. The van der Waals surface area contributed by atoms with E-state index in [0.717, 1.165) is 11.1 Å². The lowest BCUT2D eigenvalue weighted by Gasteiger charge is -2.24. The summed E-state index contributed by atoms with van der Waals surface area (Å²) in [6.07, 6.45) is 0.270. The van der Waals surface area contributed by atoms with Gasteiger partial charge in [0.05, 0.1) is 18.7 Å². The number of carbonyl (C=O) groups excluding carboxylic acids is 7. The number of carboxylic acid groups (broad SMARTS) is 1. The van der Waals surface area contributed by atoms with Gasteiger partial charge in [0.15, 0.2) is 24.8 Å². The Morgan fingerprint density at radius 3 is 1.31 bits per heavy atom. The quantitative estimate of drug-likeness (QED) is 0.0276. The first kappa shape index (κ1) is 65.1. The van der Waals surface area contributed by atoms with Gasteiger partial charge < -0.3 is 50.1 Å². The summed E-state index contributed by atoms with van der Waals surface area (Å²) in [7, 11) is 0. The molecule has 4 aromatic carbocycles. The van der Waals surface area contributed by atoms with Crippen LogP contribution in [0, 0.1) is 11.8 Å². The Labute approximate surface area is 466 Å². The molecule has 4 atom stereocenters. The van der Waals surface area contributed by atoms with Gasteiger partial charge >= 0.3 is 24.1 Å². The number of aliphatic carboxylic acids is 1. The van der Waals surface area contributed by atoms with Crippen molar-refractivity contribution in [3.05, 3.63) is 129 Å². The van der Waals surface area contributed by atoms with E-state index in [9.17, 15) is 38.4 Å². The molecule has 4 aromatic rings. The number of aryl methyl sites for hydroxylation is 2. The Balaban J connectivity index is 0.000000411. The predicted octanol–water partition coefficient (Wildman–Crippen LogP) is 9.56. The average Bonchev–Trinajstić information content (AvgIpc) is 3.36. The van der Waals surface area contributed by atoms with Crippen LogP contribution in [0.4, 0.5) is 9.59 Å². The maximum Gasteiger partial charge on any atom is 0.408 e. The molecule has 5 N–H and O–H groups in total. The largest absolute Gasteiger partial charge is 0.482 e. The number of esters is 1. The van der Waals surface area contributed by atoms with Gasteiger partial charge in [-0.15, -0.1) is 0 Å². The molecule has 0 spiro atoms. The molecule has 18 nitrogen and oxygen atoms in total. The van der Waals surface area contributed by atoms with Crippen LogP contribution in [0.25, 0.3) is 0 Å². The average molecular weight is 1120 g/mol. The number of ketones is 2. The van der Waals surface area contributed by atoms with Crippen LogP contribution in [0.2, 0.25) is 10.0 Å². The minimum Gasteiger partial charge on any atom is -0.482 e. The molecule has 0 bridgehead atoms. The van der Waals surface area contributed by atoms with Crippen LogP contribution in [0.5, 0.6) is 11.5 Å². The van der Waals surface area contributed by atoms with E-state index < -0.39 is 65.9 Å². The highest BCUT2D eigenvalue weighted by molar-refractivity contribution is 6.31. The smallest absolute Gasteiger partial charge is 0.408 e. The highest BCUT2D eigenvalue weighted by atomic mass is 35.5. The predicted molar refractivity (Wildman–Crippen MR) is 295 cm³/mol. The van der Waals surface area contributed by atoms with Crippen LogP contribution in [0.3, 0.4) is 0 Å². The minimum absolute atomic E-state index is 0.0282. The topological polar surface area (TPSA) is 251 Å². The van der Waals surface area contributed by atoms with Crippen LogP contribution >= 0.6 is 23.2 Å². The number of amides is 4. The van der Waals surface area contributed by atoms with E-state index in [1.165, 1.54) is 6.07 Å². The Bertz CT molecular complexity index is 2620. The number of alkyl carbamates (subject to hydrolysis) is 2. The molecule has 0 aliphatic carbocycles. The number of Topliss-reactive ketones (excluding diaryl/α,β-unsaturated/α-hetero) is 2. The number of rotatable bonds is 27. The number of nitrogens with one attached hydrogen (secondary N) is 4. The first-order valence-corrected chi connectivity index (χ1v) is 26.3. The van der Waals surface area contributed by atoms with Crippen LogP contribution < -0.4 is 30.7 Å². The molecule has 0 saturated carbocycles. The molecule has 20 heteroatoms. The van der Waals surface area contributed by atoms with Gasteiger partial charge in [0.1, 0.15) is 22.7 Å². The molecule has 0 aliphatic rings. The summed E-state index contributed by atoms with van der Waals surface area (Å²) in [6, 6.07) is 27.1. The third-order valence-corrected chi connectivity index (χ3v) is 11.6. The first-order valence-electron chi connectivity index (χ1n) is 25.6. The van der Waals surface area contributed by atoms with Crippen molar-refractivity contribution >= 4 is 70.7 Å². The Morgan fingerprint density at radius 2 is 0.949 bits per heavy atom. The van der Waals surface area contributed by atoms with Gasteiger partial charge in [0.25, 0.3) is 0 Å². The van der Waals surface area contributed by atoms with Crippen molar-refractivity contribution < 1.29 is 67.1 Å². The Morgan fingerprint density at radius 1 is 0.564 bits per heavy atom. The highest BCUT2D eigenvalue weighted by Crippen LogP contribution is 2.25. The Hall–Kier alpha value is -7.18. The fourth-order valence-corrected chi connectivity index (χ4v) is 7.75. The molecule has 4 rings (SSSR count). The van der Waals surface area contributed by atoms with E-state index in [1.807, 2.05) is 60.7 Å². The summed E-state index contributed by atoms with van der Waals surface area (Å²) in [6.45, 7) is 14.9. The number of hydrogen-bond acceptors (Lipinski definition) is 13. The van der Waals surface area contributed by atoms with E-state index in [-0.39, 0.29) is 68.3 Å². The summed E-state index contributed by atoms with van der Waals surface area (Å²) in [5, 5.41) is 20.6. The van der Waals surface area contributed by atoms with Crippen LogP contribution in [0.15, 0.2) is 97.1 Å². The molecule has 0 aromatic heterocycles. The molecule has 0 unspecified atom stereocenters. The molecule has 0 aliphatic heterocycles. The van der Waals surface area contributed by atoms with Gasteiger partial charge in [0.2, 0.25) is 11.8 Å². The van der Waals surface area contributed by atoms with E-state index in [2.05, 4.69) is 21.3 Å². The normalized spacial score (nSPS) is 12.6. The van der Waals surface area contributed by atoms with Gasteiger partial charge in [-0.2, -0.15) is 0 Å². The summed E-state index contributed by atoms with van der Waals surface area (Å²) >= 11 is 12.2. The summed E-state index contributed by atoms with van der Waals surface area (Å²) in [5.41, 5.74) is 1.67. The van der Waals surface area contributed by atoms with Crippen molar-refractivity contribution in [1.29, 1.82) is 0 Å². The molecule has 424 valence electrons. The molecular weight excluding hydrogens is 1050 g/mol. The number of carboxylic acids is 1. The molecule has 78 heavy (non-hydrogen) atoms. The highest BCUT2D eigenvalue weighted by Gasteiger charge is 2.29. The van der Waals surface area contributed by atoms with Gasteiger partial charge in [-0.3, -0.25) is 19.2 Å². The number of halogens is 2. The van der Waals surface area contributed by atoms with Crippen LogP contribution in [-0.4, -0.2) is 95.7 Å². The number of hydrogen-bond donors (Lipinski definition) is 5. The molecule has 4 amide bonds. The van der Waals surface area contributed by atoms with Gasteiger partial charge in [-0.05, 0) is 122 Å². The second kappa shape index (κ2) is 32.5. The monoisotopic (exact) mass is 1120 g/mol. The van der Waals surface area contributed by atoms with Gasteiger partial charge in [-0.25, -0.2) is 19.2 Å². The van der Waals surface area contributed by atoms with Crippen LogP contribution in [-0.2, 0) is 68.9 Å². The molecular formula is C58H74Cl2N4O14. The standard InChI is InChI=1S/C30H39ClN2O7.C28H35ClN2O7/c1-6-38-27(35)19-39-26-15-13-23(31)17-22(26)18-32-28(36)20(2)16-25(34)24(33-29(37)40-30(3,4)5)14-12-21-10-8-7-9-11-21;1-18(26(35)30-16-20-15-21(29)11-13-24(20)37-17-25(33)34)14-23(32)22(31-27(36)38-28(2,3)4)12-10-19-8-6-5-7-9-19/h7-11,13,15,17,20,24H,6,12,14,16,18-19H2,1-5H3,(H,32,36)(H,33,37);5-9,11,13,15,18,22H,10,12,14,16-17H2,1-4H3,(H,30,35)(H,31,36)(H,33,34)/t20-,24-;18-,22-/m11/s1. The van der Waals surface area contributed by atoms with E-state index >= 15 is 0 Å². The number of benzene rings is 4. The summed E-state index contributed by atoms with van der Waals surface area (Å²) in [4.78, 5) is 99.4. The van der Waals surface area contributed by atoms with E-state index in [4.69, 9.17) is 52.0 Å². The number of ether oxygens (including phenoxy) is 5.